The molecule has 0 heterocycles. The Bertz CT molecular complexity index is 368. The van der Waals surface area contributed by atoms with Crippen molar-refractivity contribution in [2.75, 3.05) is 7.11 Å². The van der Waals surface area contributed by atoms with Crippen molar-refractivity contribution in [1.29, 1.82) is 0 Å². The fourth-order valence-corrected chi connectivity index (χ4v) is 1.57. The Balaban J connectivity index is 2.81. The van der Waals surface area contributed by atoms with Crippen molar-refractivity contribution >= 4 is 29.2 Å². The molecule has 0 bridgehead atoms. The van der Waals surface area contributed by atoms with E-state index in [4.69, 9.17) is 28.9 Å². The Kier molecular flexibility index (Phi) is 4.39. The van der Waals surface area contributed by atoms with Gasteiger partial charge in [-0.25, -0.2) is 0 Å². The minimum Gasteiger partial charge on any atom is -0.468 e. The van der Waals surface area contributed by atoms with E-state index in [-0.39, 0.29) is 0 Å². The first-order chi connectivity index (χ1) is 7.06. The van der Waals surface area contributed by atoms with Gasteiger partial charge in [0.05, 0.1) is 17.2 Å². The smallest absolute Gasteiger partial charge is 0.322 e. The van der Waals surface area contributed by atoms with Gasteiger partial charge in [0.1, 0.15) is 6.04 Å². The molecular weight excluding hydrogens is 237 g/mol. The summed E-state index contributed by atoms with van der Waals surface area (Å²) in [5.74, 6) is -0.467. The highest BCUT2D eigenvalue weighted by molar-refractivity contribution is 6.42. The van der Waals surface area contributed by atoms with Crippen LogP contribution in [0.4, 0.5) is 0 Å². The van der Waals surface area contributed by atoms with Gasteiger partial charge in [-0.2, -0.15) is 0 Å². The molecule has 0 aliphatic carbocycles. The zero-order chi connectivity index (χ0) is 11.4. The van der Waals surface area contributed by atoms with Gasteiger partial charge in [0, 0.05) is 0 Å². The van der Waals surface area contributed by atoms with Gasteiger partial charge in [0.15, 0.2) is 0 Å². The van der Waals surface area contributed by atoms with E-state index < -0.39 is 12.0 Å². The summed E-state index contributed by atoms with van der Waals surface area (Å²) in [6.45, 7) is 0. The van der Waals surface area contributed by atoms with Crippen molar-refractivity contribution < 1.29 is 9.53 Å². The topological polar surface area (TPSA) is 52.3 Å². The molecule has 0 aliphatic rings. The van der Waals surface area contributed by atoms with Crippen LogP contribution in [0.25, 0.3) is 0 Å². The molecule has 1 atom stereocenters. The van der Waals surface area contributed by atoms with Crippen molar-refractivity contribution in [3.63, 3.8) is 0 Å². The number of nitrogens with two attached hydrogens (primary N) is 1. The van der Waals surface area contributed by atoms with Crippen LogP contribution in [-0.4, -0.2) is 19.1 Å². The first-order valence-electron chi connectivity index (χ1n) is 4.32. The Morgan fingerprint density at radius 1 is 1.53 bits per heavy atom. The number of esters is 1. The molecule has 3 nitrogen and oxygen atoms in total. The van der Waals surface area contributed by atoms with Crippen LogP contribution in [-0.2, 0) is 16.0 Å². The van der Waals surface area contributed by atoms with Crippen molar-refractivity contribution in [2.24, 2.45) is 5.73 Å². The molecule has 0 spiro atoms. The van der Waals surface area contributed by atoms with Crippen molar-refractivity contribution in [3.8, 4) is 0 Å². The summed E-state index contributed by atoms with van der Waals surface area (Å²) in [5, 5.41) is 0.879. The molecule has 0 radical (unpaired) electrons. The Morgan fingerprint density at radius 3 is 2.80 bits per heavy atom. The second-order valence-corrected chi connectivity index (χ2v) is 3.83. The molecule has 0 fully saturated rings. The third kappa shape index (κ3) is 3.09. The zero-order valence-corrected chi connectivity index (χ0v) is 9.68. The average molecular weight is 248 g/mol. The molecule has 82 valence electrons. The molecule has 0 unspecified atom stereocenters. The highest BCUT2D eigenvalue weighted by Gasteiger charge is 2.16. The van der Waals surface area contributed by atoms with Crippen molar-refractivity contribution in [1.82, 2.24) is 0 Å². The van der Waals surface area contributed by atoms with Crippen molar-refractivity contribution in [2.45, 2.75) is 12.5 Å². The molecule has 0 aliphatic heterocycles. The summed E-state index contributed by atoms with van der Waals surface area (Å²) in [7, 11) is 1.29. The van der Waals surface area contributed by atoms with E-state index in [1.807, 2.05) is 0 Å². The number of hydrogen-bond donors (Lipinski definition) is 1. The summed E-state index contributed by atoms with van der Waals surface area (Å²) < 4.78 is 4.51. The number of ether oxygens (including phenoxy) is 1. The Morgan fingerprint density at radius 2 is 2.20 bits per heavy atom. The van der Waals surface area contributed by atoms with E-state index in [1.54, 1.807) is 18.2 Å². The molecule has 2 N–H and O–H groups in total. The van der Waals surface area contributed by atoms with Gasteiger partial charge in [-0.1, -0.05) is 35.3 Å². The number of hydrogen-bond acceptors (Lipinski definition) is 3. The van der Waals surface area contributed by atoms with Crippen LogP contribution in [0.15, 0.2) is 18.2 Å². The fraction of sp³-hybridized carbons (Fsp3) is 0.300. The van der Waals surface area contributed by atoms with Crippen LogP contribution in [0.1, 0.15) is 5.56 Å². The number of benzene rings is 1. The summed E-state index contributed by atoms with van der Waals surface area (Å²) in [5.41, 5.74) is 6.34. The number of rotatable bonds is 3. The highest BCUT2D eigenvalue weighted by atomic mass is 35.5. The first kappa shape index (κ1) is 12.3. The lowest BCUT2D eigenvalue weighted by Crippen LogP contribution is -2.33. The molecule has 0 saturated carbocycles. The van der Waals surface area contributed by atoms with Crippen LogP contribution >= 0.6 is 23.2 Å². The molecule has 0 amide bonds. The number of carbonyl (C=O) groups excluding carboxylic acids is 1. The normalized spacial score (nSPS) is 12.3. The maximum absolute atomic E-state index is 11.1. The Hall–Kier alpha value is -0.770. The zero-order valence-electron chi connectivity index (χ0n) is 8.17. The minimum atomic E-state index is -0.717. The lowest BCUT2D eigenvalue weighted by Gasteiger charge is -2.10. The lowest BCUT2D eigenvalue weighted by atomic mass is 10.1. The molecule has 1 aromatic rings. The van der Waals surface area contributed by atoms with E-state index in [1.165, 1.54) is 7.11 Å². The van der Waals surface area contributed by atoms with Gasteiger partial charge in [-0.3, -0.25) is 4.79 Å². The van der Waals surface area contributed by atoms with Gasteiger partial charge in [-0.05, 0) is 18.1 Å². The molecule has 1 rings (SSSR count). The second kappa shape index (κ2) is 5.35. The van der Waals surface area contributed by atoms with Crippen LogP contribution in [0, 0.1) is 0 Å². The number of carbonyl (C=O) groups is 1. The highest BCUT2D eigenvalue weighted by Crippen LogP contribution is 2.26. The standard InChI is InChI=1S/C10H11Cl2NO2/c1-15-10(14)8(13)5-6-3-2-4-7(11)9(6)12/h2-4,8H,5,13H2,1H3/t8-/m1/s1. The fourth-order valence-electron chi connectivity index (χ4n) is 1.18. The molecule has 0 saturated heterocycles. The van der Waals surface area contributed by atoms with Crippen LogP contribution in [0.3, 0.4) is 0 Å². The molecule has 5 heteroatoms. The largest absolute Gasteiger partial charge is 0.468 e. The lowest BCUT2D eigenvalue weighted by molar-refractivity contribution is -0.142. The summed E-state index contributed by atoms with van der Waals surface area (Å²) in [4.78, 5) is 11.1. The van der Waals surface area contributed by atoms with Gasteiger partial charge in [0.25, 0.3) is 0 Å². The summed E-state index contributed by atoms with van der Waals surface area (Å²) >= 11 is 11.8. The maximum atomic E-state index is 11.1. The third-order valence-corrected chi connectivity index (χ3v) is 2.83. The second-order valence-electron chi connectivity index (χ2n) is 3.05. The van der Waals surface area contributed by atoms with E-state index in [0.29, 0.717) is 16.5 Å². The van der Waals surface area contributed by atoms with E-state index >= 15 is 0 Å². The molecule has 0 aromatic heterocycles. The molecule has 1 aromatic carbocycles. The van der Waals surface area contributed by atoms with Crippen LogP contribution < -0.4 is 5.73 Å². The molecular formula is C10H11Cl2NO2. The maximum Gasteiger partial charge on any atom is 0.322 e. The molecule has 15 heavy (non-hydrogen) atoms. The van der Waals surface area contributed by atoms with E-state index in [2.05, 4.69) is 4.74 Å². The predicted molar refractivity (Wildman–Crippen MR) is 60.2 cm³/mol. The average Bonchev–Trinajstić information content (AvgIpc) is 2.23. The number of halogens is 2. The predicted octanol–water partition coefficient (Wildman–Crippen LogP) is 2.04. The van der Waals surface area contributed by atoms with Gasteiger partial charge in [0.2, 0.25) is 0 Å². The van der Waals surface area contributed by atoms with E-state index in [0.717, 1.165) is 5.56 Å². The van der Waals surface area contributed by atoms with Crippen LogP contribution in [0.2, 0.25) is 10.0 Å². The minimum absolute atomic E-state index is 0.312. The van der Waals surface area contributed by atoms with Gasteiger partial charge < -0.3 is 10.5 Å². The van der Waals surface area contributed by atoms with Crippen LogP contribution in [0.5, 0.6) is 0 Å². The van der Waals surface area contributed by atoms with Crippen molar-refractivity contribution in [3.05, 3.63) is 33.8 Å². The van der Waals surface area contributed by atoms with Gasteiger partial charge >= 0.3 is 5.97 Å². The summed E-state index contributed by atoms with van der Waals surface area (Å²) in [6, 6.07) is 4.49. The van der Waals surface area contributed by atoms with Gasteiger partial charge in [-0.15, -0.1) is 0 Å². The quantitative estimate of drug-likeness (QED) is 0.832. The SMILES string of the molecule is COC(=O)[C@H](N)Cc1cccc(Cl)c1Cl. The summed E-state index contributed by atoms with van der Waals surface area (Å²) in [6.07, 6.45) is 0.312. The first-order valence-corrected chi connectivity index (χ1v) is 5.08. The monoisotopic (exact) mass is 247 g/mol. The number of methoxy groups -OCH3 is 1. The third-order valence-electron chi connectivity index (χ3n) is 1.98. The Labute approximate surface area is 98.1 Å². The van der Waals surface area contributed by atoms with E-state index in [9.17, 15) is 4.79 Å².